The fourth-order valence-corrected chi connectivity index (χ4v) is 0.330. The normalized spacial score (nSPS) is 9.18. The van der Waals surface area contributed by atoms with Crippen molar-refractivity contribution in [3.05, 3.63) is 11.9 Å². The average molecular weight is 154 g/mol. The first-order valence-corrected chi connectivity index (χ1v) is 3.36. The minimum Gasteiger partial charge on any atom is -0.293 e. The number of rotatable bonds is 3. The van der Waals surface area contributed by atoms with E-state index in [0.29, 0.717) is 0 Å². The number of aliphatic imine (C=N–C) groups is 2. The Bertz CT molecular complexity index is 171. The Hall–Kier alpha value is -1.25. The molecule has 0 bridgehead atoms. The Balaban J connectivity index is 0. The molecule has 62 valence electrons. The minimum absolute atomic E-state index is 0.155. The number of hydrogen-bond acceptors (Lipinski definition) is 3. The van der Waals surface area contributed by atoms with E-state index in [1.165, 1.54) is 13.1 Å². The summed E-state index contributed by atoms with van der Waals surface area (Å²) in [5.41, 5.74) is 0.241. The molecule has 0 aromatic carbocycles. The fraction of sp³-hybridized carbons (Fsp3) is 0.375. The van der Waals surface area contributed by atoms with Gasteiger partial charge in [0.25, 0.3) is 0 Å². The van der Waals surface area contributed by atoms with Crippen LogP contribution in [0, 0.1) is 0 Å². The molecule has 0 atom stereocenters. The quantitative estimate of drug-likeness (QED) is 0.451. The Morgan fingerprint density at radius 2 is 1.82 bits per heavy atom. The van der Waals surface area contributed by atoms with Crippen molar-refractivity contribution in [1.82, 2.24) is 0 Å². The molecule has 0 amide bonds. The summed E-state index contributed by atoms with van der Waals surface area (Å²) in [5.74, 6) is -0.155. The molecule has 3 nitrogen and oxygen atoms in total. The van der Waals surface area contributed by atoms with E-state index < -0.39 is 0 Å². The molecule has 0 saturated carbocycles. The monoisotopic (exact) mass is 154 g/mol. The van der Waals surface area contributed by atoms with Gasteiger partial charge in [-0.1, -0.05) is 13.8 Å². The third kappa shape index (κ3) is 6.64. The Kier molecular flexibility index (Phi) is 9.89. The van der Waals surface area contributed by atoms with Gasteiger partial charge in [0.15, 0.2) is 5.78 Å². The predicted molar refractivity (Wildman–Crippen MR) is 49.2 cm³/mol. The standard InChI is InChI=1S/C6H8N2O.C2H6/c1-5(9)6(8-3)4-7-2;1-2/h4H,2-3H2,1H3;1-2H3/b6-4-;. The summed E-state index contributed by atoms with van der Waals surface area (Å²) >= 11 is 0. The Labute approximate surface area is 67.6 Å². The maximum atomic E-state index is 10.5. The second-order valence-corrected chi connectivity index (χ2v) is 1.41. The maximum absolute atomic E-state index is 10.5. The van der Waals surface area contributed by atoms with Gasteiger partial charge in [-0.15, -0.1) is 0 Å². The second kappa shape index (κ2) is 8.75. The van der Waals surface area contributed by atoms with Gasteiger partial charge in [0.1, 0.15) is 5.70 Å². The number of nitrogens with zero attached hydrogens (tertiary/aromatic N) is 2. The lowest BCUT2D eigenvalue weighted by molar-refractivity contribution is -0.113. The van der Waals surface area contributed by atoms with E-state index in [1.807, 2.05) is 13.8 Å². The van der Waals surface area contributed by atoms with E-state index in [0.717, 1.165) is 0 Å². The summed E-state index contributed by atoms with van der Waals surface area (Å²) in [7, 11) is 0. The minimum atomic E-state index is -0.155. The topological polar surface area (TPSA) is 41.8 Å². The molecular formula is C8H14N2O. The summed E-state index contributed by atoms with van der Waals surface area (Å²) in [5, 5.41) is 0. The van der Waals surface area contributed by atoms with Crippen molar-refractivity contribution in [2.75, 3.05) is 0 Å². The molecule has 0 aliphatic heterocycles. The first kappa shape index (κ1) is 12.4. The van der Waals surface area contributed by atoms with Crippen LogP contribution >= 0.6 is 0 Å². The summed E-state index contributed by atoms with van der Waals surface area (Å²) in [6.07, 6.45) is 1.27. The molecule has 0 aromatic rings. The third-order valence-corrected chi connectivity index (χ3v) is 0.745. The van der Waals surface area contributed by atoms with E-state index in [2.05, 4.69) is 23.4 Å². The molecule has 0 aromatic heterocycles. The van der Waals surface area contributed by atoms with Crippen LogP contribution in [0.1, 0.15) is 20.8 Å². The first-order chi connectivity index (χ1) is 5.22. The smallest absolute Gasteiger partial charge is 0.179 e. The number of hydrogen-bond donors (Lipinski definition) is 0. The van der Waals surface area contributed by atoms with Crippen LogP contribution in [-0.2, 0) is 4.79 Å². The molecule has 0 fully saturated rings. The number of Topliss-reactive ketones (excluding diaryl/α,β-unsaturated/α-hetero) is 1. The van der Waals surface area contributed by atoms with Crippen molar-refractivity contribution in [3.63, 3.8) is 0 Å². The van der Waals surface area contributed by atoms with Crippen LogP contribution in [0.2, 0.25) is 0 Å². The largest absolute Gasteiger partial charge is 0.293 e. The lowest BCUT2D eigenvalue weighted by atomic mass is 10.3. The summed E-state index contributed by atoms with van der Waals surface area (Å²) < 4.78 is 0. The molecule has 0 heterocycles. The van der Waals surface area contributed by atoms with E-state index >= 15 is 0 Å². The average Bonchev–Trinajstić information content (AvgIpc) is 2.03. The first-order valence-electron chi connectivity index (χ1n) is 3.36. The SMILES string of the molecule is C=N/C=C(\N=C)C(C)=O.CC. The van der Waals surface area contributed by atoms with E-state index in [1.54, 1.807) is 0 Å². The number of carbonyl (C=O) groups is 1. The van der Waals surface area contributed by atoms with Crippen molar-refractivity contribution in [2.24, 2.45) is 9.98 Å². The van der Waals surface area contributed by atoms with Crippen LogP contribution in [-0.4, -0.2) is 19.2 Å². The van der Waals surface area contributed by atoms with Crippen molar-refractivity contribution in [1.29, 1.82) is 0 Å². The van der Waals surface area contributed by atoms with E-state index in [4.69, 9.17) is 0 Å². The van der Waals surface area contributed by atoms with Gasteiger partial charge in [0, 0.05) is 6.92 Å². The predicted octanol–water partition coefficient (Wildman–Crippen LogP) is 1.84. The molecule has 0 aliphatic rings. The van der Waals surface area contributed by atoms with Gasteiger partial charge in [0.2, 0.25) is 0 Å². The highest BCUT2D eigenvalue weighted by Crippen LogP contribution is 1.95. The van der Waals surface area contributed by atoms with Gasteiger partial charge in [0.05, 0.1) is 6.20 Å². The lowest BCUT2D eigenvalue weighted by Gasteiger charge is -1.87. The van der Waals surface area contributed by atoms with Crippen LogP contribution < -0.4 is 0 Å². The molecule has 0 unspecified atom stereocenters. The highest BCUT2D eigenvalue weighted by Gasteiger charge is 1.96. The molecule has 0 aliphatic carbocycles. The second-order valence-electron chi connectivity index (χ2n) is 1.41. The molecular weight excluding hydrogens is 140 g/mol. The Morgan fingerprint density at radius 3 is 1.91 bits per heavy atom. The van der Waals surface area contributed by atoms with Crippen molar-refractivity contribution < 1.29 is 4.79 Å². The van der Waals surface area contributed by atoms with Crippen LogP contribution in [0.4, 0.5) is 0 Å². The zero-order valence-electron chi connectivity index (χ0n) is 7.29. The van der Waals surface area contributed by atoms with Crippen LogP contribution in [0.25, 0.3) is 0 Å². The zero-order valence-corrected chi connectivity index (χ0v) is 7.29. The molecule has 3 heteroatoms. The highest BCUT2D eigenvalue weighted by molar-refractivity contribution is 5.93. The van der Waals surface area contributed by atoms with E-state index in [-0.39, 0.29) is 11.5 Å². The van der Waals surface area contributed by atoms with Gasteiger partial charge >= 0.3 is 0 Å². The lowest BCUT2D eigenvalue weighted by Crippen LogP contribution is -1.91. The highest BCUT2D eigenvalue weighted by atomic mass is 16.1. The van der Waals surface area contributed by atoms with Crippen LogP contribution in [0.3, 0.4) is 0 Å². The number of allylic oxidation sites excluding steroid dienone is 1. The summed E-state index contributed by atoms with van der Waals surface area (Å²) in [4.78, 5) is 17.2. The van der Waals surface area contributed by atoms with Crippen LogP contribution in [0.15, 0.2) is 21.9 Å². The van der Waals surface area contributed by atoms with Gasteiger partial charge in [-0.05, 0) is 13.4 Å². The zero-order chi connectivity index (χ0) is 9.28. The molecule has 0 rings (SSSR count). The van der Waals surface area contributed by atoms with Crippen LogP contribution in [0.5, 0.6) is 0 Å². The third-order valence-electron chi connectivity index (χ3n) is 0.745. The molecule has 0 spiro atoms. The molecule has 11 heavy (non-hydrogen) atoms. The molecule has 0 radical (unpaired) electrons. The number of ketones is 1. The summed E-state index contributed by atoms with van der Waals surface area (Å²) in [6.45, 7) is 11.7. The van der Waals surface area contributed by atoms with Gasteiger partial charge in [-0.25, -0.2) is 0 Å². The van der Waals surface area contributed by atoms with E-state index in [9.17, 15) is 4.79 Å². The van der Waals surface area contributed by atoms with Gasteiger partial charge in [-0.3, -0.25) is 14.8 Å². The number of carbonyl (C=O) groups excluding carboxylic acids is 1. The molecule has 0 saturated heterocycles. The Morgan fingerprint density at radius 1 is 1.36 bits per heavy atom. The molecule has 0 N–H and O–H groups in total. The van der Waals surface area contributed by atoms with Gasteiger partial charge in [-0.2, -0.15) is 0 Å². The summed E-state index contributed by atoms with van der Waals surface area (Å²) in [6, 6.07) is 0. The van der Waals surface area contributed by atoms with Gasteiger partial charge < -0.3 is 0 Å². The maximum Gasteiger partial charge on any atom is 0.179 e. The van der Waals surface area contributed by atoms with Crippen molar-refractivity contribution >= 4 is 19.2 Å². The van der Waals surface area contributed by atoms with Crippen molar-refractivity contribution in [2.45, 2.75) is 20.8 Å². The fourth-order valence-electron chi connectivity index (χ4n) is 0.330. The van der Waals surface area contributed by atoms with Crippen molar-refractivity contribution in [3.8, 4) is 0 Å².